The molecule has 34 heavy (non-hydrogen) atoms. The van der Waals surface area contributed by atoms with Gasteiger partial charge in [0.15, 0.2) is 5.82 Å². The van der Waals surface area contributed by atoms with E-state index in [9.17, 15) is 9.59 Å². The lowest BCUT2D eigenvalue weighted by molar-refractivity contribution is 0.0603. The first kappa shape index (κ1) is 20.6. The molecule has 4 aromatic rings. The number of rotatable bonds is 4. The van der Waals surface area contributed by atoms with E-state index in [0.29, 0.717) is 17.7 Å². The van der Waals surface area contributed by atoms with E-state index in [2.05, 4.69) is 22.0 Å². The monoisotopic (exact) mass is 455 g/mol. The van der Waals surface area contributed by atoms with Crippen LogP contribution in [0.5, 0.6) is 0 Å². The fourth-order valence-electron chi connectivity index (χ4n) is 5.13. The highest BCUT2D eigenvalue weighted by Crippen LogP contribution is 2.33. The molecule has 2 atom stereocenters. The van der Waals surface area contributed by atoms with Crippen LogP contribution in [0.1, 0.15) is 34.1 Å². The van der Waals surface area contributed by atoms with E-state index in [-0.39, 0.29) is 23.7 Å². The summed E-state index contributed by atoms with van der Waals surface area (Å²) in [5.74, 6) is 1.06. The van der Waals surface area contributed by atoms with Gasteiger partial charge in [-0.1, -0.05) is 19.1 Å². The van der Waals surface area contributed by atoms with Crippen molar-refractivity contribution in [2.24, 2.45) is 18.9 Å². The van der Waals surface area contributed by atoms with Gasteiger partial charge in [0.25, 0.3) is 11.8 Å². The minimum Gasteiger partial charge on any atom is -0.355 e. The quantitative estimate of drug-likeness (QED) is 0.440. The molecule has 2 aliphatic heterocycles. The van der Waals surface area contributed by atoms with Crippen molar-refractivity contribution in [1.82, 2.24) is 29.3 Å². The van der Waals surface area contributed by atoms with Crippen molar-refractivity contribution in [1.29, 1.82) is 0 Å². The number of benzene rings is 1. The van der Waals surface area contributed by atoms with Crippen molar-refractivity contribution in [2.45, 2.75) is 13.3 Å². The number of aryl methyl sites for hydroxylation is 1. The minimum atomic E-state index is -0.179. The second-order valence-electron chi connectivity index (χ2n) is 9.25. The molecule has 0 unspecified atom stereocenters. The molecule has 9 nitrogen and oxygen atoms in total. The average molecular weight is 456 g/mol. The van der Waals surface area contributed by atoms with Crippen molar-refractivity contribution in [3.05, 3.63) is 66.2 Å². The molecule has 2 aliphatic rings. The summed E-state index contributed by atoms with van der Waals surface area (Å²) in [5.41, 5.74) is 3.74. The molecular weight excluding hydrogens is 430 g/mol. The number of aromatic nitrogens is 5. The van der Waals surface area contributed by atoms with Crippen LogP contribution in [0.3, 0.4) is 0 Å². The number of fused-ring (bicyclic) bond motifs is 2. The maximum atomic E-state index is 12.8. The smallest absolute Gasteiger partial charge is 0.261 e. The number of imide groups is 1. The van der Waals surface area contributed by atoms with E-state index >= 15 is 0 Å². The Labute approximate surface area is 196 Å². The van der Waals surface area contributed by atoms with Crippen LogP contribution in [-0.2, 0) is 7.05 Å². The van der Waals surface area contributed by atoms with Gasteiger partial charge in [0, 0.05) is 38.4 Å². The first-order valence-electron chi connectivity index (χ1n) is 11.5. The molecule has 0 radical (unpaired) electrons. The van der Waals surface area contributed by atoms with Crippen LogP contribution in [0.25, 0.3) is 16.8 Å². The molecule has 1 saturated heterocycles. The van der Waals surface area contributed by atoms with Gasteiger partial charge in [-0.05, 0) is 36.5 Å². The molecule has 172 valence electrons. The van der Waals surface area contributed by atoms with Crippen molar-refractivity contribution < 1.29 is 9.59 Å². The van der Waals surface area contributed by atoms with Crippen LogP contribution in [-0.4, -0.2) is 60.7 Å². The third-order valence-electron chi connectivity index (χ3n) is 7.05. The predicted molar refractivity (Wildman–Crippen MR) is 126 cm³/mol. The lowest BCUT2D eigenvalue weighted by Crippen LogP contribution is -2.45. The summed E-state index contributed by atoms with van der Waals surface area (Å²) >= 11 is 0. The number of hydrogen-bond donors (Lipinski definition) is 0. The predicted octanol–water partition coefficient (Wildman–Crippen LogP) is 2.89. The molecule has 3 aromatic heterocycles. The van der Waals surface area contributed by atoms with Gasteiger partial charge in [-0.3, -0.25) is 19.2 Å². The molecule has 0 spiro atoms. The van der Waals surface area contributed by atoms with Gasteiger partial charge in [0.1, 0.15) is 5.52 Å². The number of carbonyl (C=O) groups is 2. The van der Waals surface area contributed by atoms with Gasteiger partial charge in [-0.2, -0.15) is 10.2 Å². The van der Waals surface area contributed by atoms with Crippen LogP contribution in [0.2, 0.25) is 0 Å². The highest BCUT2D eigenvalue weighted by molar-refractivity contribution is 6.21. The van der Waals surface area contributed by atoms with Gasteiger partial charge in [0.2, 0.25) is 0 Å². The molecule has 0 saturated carbocycles. The van der Waals surface area contributed by atoms with Crippen molar-refractivity contribution in [3.63, 3.8) is 0 Å². The Hall–Kier alpha value is -4.01. The summed E-state index contributed by atoms with van der Waals surface area (Å²) in [7, 11) is 1.89. The van der Waals surface area contributed by atoms with Crippen LogP contribution >= 0.6 is 0 Å². The fourth-order valence-corrected chi connectivity index (χ4v) is 5.13. The average Bonchev–Trinajstić information content (AvgIpc) is 3.55. The largest absolute Gasteiger partial charge is 0.355 e. The maximum Gasteiger partial charge on any atom is 0.261 e. The Bertz CT molecular complexity index is 1390. The van der Waals surface area contributed by atoms with Gasteiger partial charge in [-0.25, -0.2) is 9.50 Å². The summed E-state index contributed by atoms with van der Waals surface area (Å²) in [4.78, 5) is 34.4. The highest BCUT2D eigenvalue weighted by Gasteiger charge is 2.38. The maximum absolute atomic E-state index is 12.8. The normalized spacial score (nSPS) is 20.4. The Morgan fingerprint density at radius 2 is 1.79 bits per heavy atom. The lowest BCUT2D eigenvalue weighted by atomic mass is 9.86. The number of amides is 2. The zero-order chi connectivity index (χ0) is 23.4. The van der Waals surface area contributed by atoms with Crippen LogP contribution < -0.4 is 4.90 Å². The molecular formula is C25H25N7O2. The second kappa shape index (κ2) is 7.79. The minimum absolute atomic E-state index is 0.179. The first-order chi connectivity index (χ1) is 16.5. The Morgan fingerprint density at radius 3 is 2.47 bits per heavy atom. The van der Waals surface area contributed by atoms with E-state index < -0.39 is 0 Å². The molecule has 2 amide bonds. The summed E-state index contributed by atoms with van der Waals surface area (Å²) < 4.78 is 3.62. The topological polar surface area (TPSA) is 88.6 Å². The molecule has 5 heterocycles. The van der Waals surface area contributed by atoms with E-state index in [0.717, 1.165) is 42.1 Å². The van der Waals surface area contributed by atoms with Crippen molar-refractivity contribution in [2.75, 3.05) is 24.5 Å². The van der Waals surface area contributed by atoms with Crippen molar-refractivity contribution in [3.8, 4) is 11.3 Å². The highest BCUT2D eigenvalue weighted by atomic mass is 16.2. The van der Waals surface area contributed by atoms with Crippen molar-refractivity contribution >= 4 is 23.1 Å². The fraction of sp³-hybridized carbons (Fsp3) is 0.320. The molecule has 0 N–H and O–H groups in total. The molecule has 1 aromatic carbocycles. The summed E-state index contributed by atoms with van der Waals surface area (Å²) in [6, 6.07) is 9.06. The summed E-state index contributed by atoms with van der Waals surface area (Å²) in [6.07, 6.45) is 8.32. The third-order valence-corrected chi connectivity index (χ3v) is 7.05. The number of piperidine rings is 1. The zero-order valence-corrected chi connectivity index (χ0v) is 19.1. The lowest BCUT2D eigenvalue weighted by Gasteiger charge is -2.39. The van der Waals surface area contributed by atoms with Crippen LogP contribution in [0.4, 0.5) is 5.82 Å². The number of nitrogens with zero attached hydrogens (tertiary/aromatic N) is 7. The van der Waals surface area contributed by atoms with E-state index in [4.69, 9.17) is 4.98 Å². The summed E-state index contributed by atoms with van der Waals surface area (Å²) in [5, 5.41) is 8.72. The molecule has 0 aliphatic carbocycles. The third kappa shape index (κ3) is 3.27. The SMILES string of the molecule is C[C@@H]1CN(c2nc(-c3cnn(C)c3)cn3nccc23)CC[C@@H]1CN1C(=O)c2ccccc2C1=O. The Balaban J connectivity index is 1.23. The van der Waals surface area contributed by atoms with Gasteiger partial charge >= 0.3 is 0 Å². The first-order valence-corrected chi connectivity index (χ1v) is 11.5. The van der Waals surface area contributed by atoms with E-state index in [1.54, 1.807) is 41.3 Å². The van der Waals surface area contributed by atoms with Crippen LogP contribution in [0.15, 0.2) is 55.1 Å². The molecule has 6 rings (SSSR count). The zero-order valence-electron chi connectivity index (χ0n) is 19.1. The standard InChI is InChI=1S/C25H25N7O2/c1-16-12-30(10-8-17(16)14-31-24(33)19-5-3-4-6-20(19)25(31)34)23-22-7-9-26-32(22)15-21(28-23)18-11-27-29(2)13-18/h3-7,9,11,13,15-17H,8,10,12,14H2,1-2H3/t16-,17-/m1/s1. The summed E-state index contributed by atoms with van der Waals surface area (Å²) in [6.45, 7) is 4.22. The Kier molecular flexibility index (Phi) is 4.72. The molecule has 9 heteroatoms. The number of anilines is 1. The number of carbonyl (C=O) groups excluding carboxylic acids is 2. The molecule has 0 bridgehead atoms. The van der Waals surface area contributed by atoms with Crippen LogP contribution in [0, 0.1) is 11.8 Å². The van der Waals surface area contributed by atoms with E-state index in [1.165, 1.54) is 4.90 Å². The number of hydrogen-bond acceptors (Lipinski definition) is 6. The van der Waals surface area contributed by atoms with E-state index in [1.807, 2.05) is 30.0 Å². The second-order valence-corrected chi connectivity index (χ2v) is 9.25. The Morgan fingerprint density at radius 1 is 1.03 bits per heavy atom. The molecule has 1 fully saturated rings. The van der Waals surface area contributed by atoms with Gasteiger partial charge in [0.05, 0.1) is 35.4 Å². The van der Waals surface area contributed by atoms with Gasteiger partial charge < -0.3 is 4.90 Å². The van der Waals surface area contributed by atoms with Gasteiger partial charge in [-0.15, -0.1) is 0 Å².